The molecule has 0 N–H and O–H groups in total. The van der Waals surface area contributed by atoms with Gasteiger partial charge in [0.2, 0.25) is 0 Å². The van der Waals surface area contributed by atoms with Gasteiger partial charge in [-0.05, 0) is 83.2 Å². The van der Waals surface area contributed by atoms with Gasteiger partial charge in [-0.3, -0.25) is 0 Å². The van der Waals surface area contributed by atoms with Crippen LogP contribution >= 0.6 is 11.3 Å². The Labute approximate surface area is 290 Å². The average molecular weight is 658 g/mol. The standard InChI is InChI=1S/C46H27NO2S/c1-5-14-41-34(9-1)38-23-18-29-8-7-12-33(45(29)46(38)49-41)28-16-19-30(20-17-28)47(31-22-25-42-39(26-31)35-10-2-4-13-40(35)48-42)32-21-24-37-36-11-3-6-15-43(36)50-44(37)27-32/h1-27H. The summed E-state index contributed by atoms with van der Waals surface area (Å²) < 4.78 is 15.3. The van der Waals surface area contributed by atoms with Gasteiger partial charge >= 0.3 is 0 Å². The molecule has 3 nitrogen and oxygen atoms in total. The van der Waals surface area contributed by atoms with Crippen molar-refractivity contribution < 1.29 is 8.83 Å². The number of benzene rings is 8. The van der Waals surface area contributed by atoms with Crippen molar-refractivity contribution in [3.05, 3.63) is 164 Å². The van der Waals surface area contributed by atoms with Crippen LogP contribution in [0.2, 0.25) is 0 Å². The molecule has 0 amide bonds. The van der Waals surface area contributed by atoms with E-state index in [1.165, 1.54) is 20.2 Å². The van der Waals surface area contributed by atoms with Crippen LogP contribution in [-0.4, -0.2) is 0 Å². The van der Waals surface area contributed by atoms with Gasteiger partial charge in [0.05, 0.1) is 0 Å². The van der Waals surface area contributed by atoms with E-state index >= 15 is 0 Å². The molecule has 50 heavy (non-hydrogen) atoms. The Balaban J connectivity index is 1.09. The van der Waals surface area contributed by atoms with Crippen molar-refractivity contribution in [3.8, 4) is 11.1 Å². The Morgan fingerprint density at radius 1 is 0.400 bits per heavy atom. The largest absolute Gasteiger partial charge is 0.456 e. The molecule has 4 heteroatoms. The number of anilines is 3. The van der Waals surface area contributed by atoms with E-state index < -0.39 is 0 Å². The zero-order valence-electron chi connectivity index (χ0n) is 26.8. The fourth-order valence-electron chi connectivity index (χ4n) is 7.74. The Bertz CT molecular complexity index is 3110. The second-order valence-corrected chi connectivity index (χ2v) is 14.0. The highest BCUT2D eigenvalue weighted by Crippen LogP contribution is 2.44. The molecule has 0 aliphatic carbocycles. The van der Waals surface area contributed by atoms with E-state index in [1.54, 1.807) is 0 Å². The van der Waals surface area contributed by atoms with Gasteiger partial charge in [-0.15, -0.1) is 11.3 Å². The summed E-state index contributed by atoms with van der Waals surface area (Å²) >= 11 is 1.84. The highest BCUT2D eigenvalue weighted by molar-refractivity contribution is 7.25. The first-order valence-electron chi connectivity index (χ1n) is 16.8. The summed E-state index contributed by atoms with van der Waals surface area (Å²) in [5.41, 5.74) is 9.19. The zero-order chi connectivity index (χ0) is 32.8. The van der Waals surface area contributed by atoms with Crippen LogP contribution in [0.15, 0.2) is 173 Å². The molecule has 3 heterocycles. The summed E-state index contributed by atoms with van der Waals surface area (Å²) in [6.45, 7) is 0. The minimum absolute atomic E-state index is 0.887. The van der Waals surface area contributed by atoms with Crippen LogP contribution in [0.4, 0.5) is 17.1 Å². The van der Waals surface area contributed by atoms with Crippen molar-refractivity contribution in [2.24, 2.45) is 0 Å². The molecule has 0 aliphatic heterocycles. The van der Waals surface area contributed by atoms with Gasteiger partial charge in [0.25, 0.3) is 0 Å². The summed E-state index contributed by atoms with van der Waals surface area (Å²) in [6, 6.07) is 58.4. The molecule has 8 aromatic carbocycles. The van der Waals surface area contributed by atoms with E-state index in [0.29, 0.717) is 0 Å². The molecule has 0 radical (unpaired) electrons. The molecule has 11 rings (SSSR count). The maximum absolute atomic E-state index is 6.51. The Morgan fingerprint density at radius 3 is 1.90 bits per heavy atom. The topological polar surface area (TPSA) is 29.5 Å². The number of thiophene rings is 1. The molecule has 0 fully saturated rings. The van der Waals surface area contributed by atoms with E-state index in [1.807, 2.05) is 35.6 Å². The van der Waals surface area contributed by atoms with E-state index in [9.17, 15) is 0 Å². The van der Waals surface area contributed by atoms with E-state index in [4.69, 9.17) is 8.83 Å². The number of hydrogen-bond donors (Lipinski definition) is 0. The van der Waals surface area contributed by atoms with Crippen LogP contribution in [0, 0.1) is 0 Å². The van der Waals surface area contributed by atoms with Crippen molar-refractivity contribution in [3.63, 3.8) is 0 Å². The minimum Gasteiger partial charge on any atom is -0.456 e. The lowest BCUT2D eigenvalue weighted by Crippen LogP contribution is -2.09. The SMILES string of the molecule is c1cc(-c2ccc(N(c3ccc4c(c3)sc3ccccc34)c3ccc4oc5ccccc5c4c3)cc2)c2c(c1)ccc1c3ccccc3oc12. The summed E-state index contributed by atoms with van der Waals surface area (Å²) in [4.78, 5) is 2.36. The lowest BCUT2D eigenvalue weighted by molar-refractivity contribution is 0.669. The molecular formula is C46H27NO2S. The predicted octanol–water partition coefficient (Wildman–Crippen LogP) is 14.1. The first kappa shape index (κ1) is 27.6. The number of nitrogens with zero attached hydrogens (tertiary/aromatic N) is 1. The van der Waals surface area contributed by atoms with Crippen molar-refractivity contribution in [2.45, 2.75) is 0 Å². The molecule has 0 unspecified atom stereocenters. The number of fused-ring (bicyclic) bond motifs is 11. The fraction of sp³-hybridized carbons (Fsp3) is 0. The smallest absolute Gasteiger partial charge is 0.143 e. The molecule has 0 saturated heterocycles. The quantitative estimate of drug-likeness (QED) is 0.189. The lowest BCUT2D eigenvalue weighted by atomic mass is 9.96. The molecule has 0 saturated carbocycles. The molecule has 11 aromatic rings. The van der Waals surface area contributed by atoms with Crippen LogP contribution in [0.3, 0.4) is 0 Å². The molecule has 3 aromatic heterocycles. The monoisotopic (exact) mass is 657 g/mol. The van der Waals surface area contributed by atoms with Crippen LogP contribution in [0.25, 0.3) is 85.9 Å². The van der Waals surface area contributed by atoms with Gasteiger partial charge in [0.15, 0.2) is 0 Å². The lowest BCUT2D eigenvalue weighted by Gasteiger charge is -2.26. The Hall–Kier alpha value is -6.36. The van der Waals surface area contributed by atoms with Crippen molar-refractivity contribution in [2.75, 3.05) is 4.90 Å². The van der Waals surface area contributed by atoms with Gasteiger partial charge in [-0.1, -0.05) is 97.1 Å². The molecule has 0 bridgehead atoms. The van der Waals surface area contributed by atoms with Gasteiger partial charge in [0.1, 0.15) is 22.3 Å². The Morgan fingerprint density at radius 2 is 1.04 bits per heavy atom. The van der Waals surface area contributed by atoms with Gasteiger partial charge in [-0.25, -0.2) is 0 Å². The minimum atomic E-state index is 0.887. The third-order valence-electron chi connectivity index (χ3n) is 10.1. The zero-order valence-corrected chi connectivity index (χ0v) is 27.6. The normalized spacial score (nSPS) is 12.0. The third kappa shape index (κ3) is 4.09. The van der Waals surface area contributed by atoms with E-state index in [2.05, 4.69) is 144 Å². The highest BCUT2D eigenvalue weighted by Gasteiger charge is 2.19. The fourth-order valence-corrected chi connectivity index (χ4v) is 8.88. The first-order chi connectivity index (χ1) is 24.8. The number of rotatable bonds is 4. The van der Waals surface area contributed by atoms with Crippen molar-refractivity contribution in [1.29, 1.82) is 0 Å². The van der Waals surface area contributed by atoms with Crippen LogP contribution in [-0.2, 0) is 0 Å². The van der Waals surface area contributed by atoms with Gasteiger partial charge < -0.3 is 13.7 Å². The van der Waals surface area contributed by atoms with E-state index in [0.717, 1.165) is 82.8 Å². The number of furan rings is 2. The number of para-hydroxylation sites is 2. The van der Waals surface area contributed by atoms with Crippen molar-refractivity contribution in [1.82, 2.24) is 0 Å². The molecule has 0 aliphatic rings. The molecular weight excluding hydrogens is 631 g/mol. The van der Waals surface area contributed by atoms with Crippen LogP contribution in [0.5, 0.6) is 0 Å². The highest BCUT2D eigenvalue weighted by atomic mass is 32.1. The molecule has 0 spiro atoms. The van der Waals surface area contributed by atoms with Crippen molar-refractivity contribution >= 4 is 103 Å². The molecule has 0 atom stereocenters. The maximum atomic E-state index is 6.51. The summed E-state index contributed by atoms with van der Waals surface area (Å²) in [5.74, 6) is 0. The Kier molecular flexibility index (Phi) is 5.83. The van der Waals surface area contributed by atoms with E-state index in [-0.39, 0.29) is 0 Å². The summed E-state index contributed by atoms with van der Waals surface area (Å²) in [7, 11) is 0. The van der Waals surface area contributed by atoms with Gasteiger partial charge in [-0.2, -0.15) is 0 Å². The summed E-state index contributed by atoms with van der Waals surface area (Å²) in [6.07, 6.45) is 0. The van der Waals surface area contributed by atoms with Crippen LogP contribution < -0.4 is 4.90 Å². The second-order valence-electron chi connectivity index (χ2n) is 12.9. The summed E-state index contributed by atoms with van der Waals surface area (Å²) in [5, 5.41) is 9.39. The maximum Gasteiger partial charge on any atom is 0.143 e. The molecule has 234 valence electrons. The number of hydrogen-bond acceptors (Lipinski definition) is 4. The van der Waals surface area contributed by atoms with Crippen LogP contribution in [0.1, 0.15) is 0 Å². The van der Waals surface area contributed by atoms with Gasteiger partial charge in [0, 0.05) is 64.2 Å². The average Bonchev–Trinajstić information content (AvgIpc) is 3.86. The first-order valence-corrected chi connectivity index (χ1v) is 17.6. The third-order valence-corrected chi connectivity index (χ3v) is 11.2. The predicted molar refractivity (Wildman–Crippen MR) is 212 cm³/mol. The second kappa shape index (κ2) is 10.6.